The molecule has 1 aliphatic carbocycles. The second kappa shape index (κ2) is 8.18. The summed E-state index contributed by atoms with van der Waals surface area (Å²) in [5, 5.41) is 91.5. The van der Waals surface area contributed by atoms with E-state index in [0.29, 0.717) is 6.07 Å². The lowest BCUT2D eigenvalue weighted by molar-refractivity contribution is -0.232. The summed E-state index contributed by atoms with van der Waals surface area (Å²) in [5.41, 5.74) is -4.49. The topological polar surface area (TPSA) is 243 Å². The largest absolute Gasteiger partial charge is 0.507 e. The minimum absolute atomic E-state index is 0.308. The molecule has 0 amide bonds. The normalized spacial score (nSPS) is 25.8. The minimum atomic E-state index is -2.03. The van der Waals surface area contributed by atoms with Crippen LogP contribution in [-0.4, -0.2) is 94.5 Å². The first-order valence-corrected chi connectivity index (χ1v) is 10.2. The number of carboxylic acid groups (broad SMARTS) is 1. The van der Waals surface area contributed by atoms with Crippen molar-refractivity contribution < 1.29 is 65.1 Å². The fraction of sp³-hybridized carbons (Fsp3) is 0.318. The van der Waals surface area contributed by atoms with Gasteiger partial charge in [-0.15, -0.1) is 0 Å². The van der Waals surface area contributed by atoms with E-state index in [-0.39, 0.29) is 5.56 Å². The molecule has 0 radical (unpaired) electrons. The molecule has 0 aromatic heterocycles. The number of hydrogen-bond acceptors (Lipinski definition) is 12. The van der Waals surface area contributed by atoms with E-state index < -0.39 is 111 Å². The number of aliphatic hydroxyl groups is 4. The number of fused-ring (bicyclic) bond motifs is 2. The van der Waals surface area contributed by atoms with E-state index in [1.165, 1.54) is 0 Å². The summed E-state index contributed by atoms with van der Waals surface area (Å²) in [7, 11) is 0. The van der Waals surface area contributed by atoms with Crippen LogP contribution in [0.25, 0.3) is 0 Å². The van der Waals surface area contributed by atoms with Gasteiger partial charge < -0.3 is 50.7 Å². The van der Waals surface area contributed by atoms with Gasteiger partial charge in [0.2, 0.25) is 0 Å². The highest BCUT2D eigenvalue weighted by Gasteiger charge is 2.48. The van der Waals surface area contributed by atoms with Crippen molar-refractivity contribution in [2.45, 2.75) is 37.4 Å². The van der Waals surface area contributed by atoms with Gasteiger partial charge in [-0.25, -0.2) is 4.79 Å². The van der Waals surface area contributed by atoms with Crippen LogP contribution in [0.4, 0.5) is 0 Å². The van der Waals surface area contributed by atoms with E-state index in [9.17, 15) is 60.3 Å². The average molecular weight is 492 g/mol. The van der Waals surface area contributed by atoms with Gasteiger partial charge in [-0.3, -0.25) is 9.59 Å². The molecule has 1 aliphatic heterocycles. The molecular weight excluding hydrogens is 472 g/mol. The number of carbonyl (C=O) groups excluding carboxylic acids is 2. The van der Waals surface area contributed by atoms with Crippen LogP contribution in [0, 0.1) is 6.92 Å². The van der Waals surface area contributed by atoms with Crippen LogP contribution in [0.15, 0.2) is 6.07 Å². The van der Waals surface area contributed by atoms with Crippen LogP contribution in [0.5, 0.6) is 23.0 Å². The number of rotatable bonds is 3. The third-order valence-corrected chi connectivity index (χ3v) is 6.33. The molecule has 3 unspecified atom stereocenters. The molecule has 1 fully saturated rings. The zero-order valence-electron chi connectivity index (χ0n) is 17.8. The van der Waals surface area contributed by atoms with Gasteiger partial charge in [0, 0.05) is 11.1 Å². The van der Waals surface area contributed by atoms with Crippen molar-refractivity contribution in [1.29, 1.82) is 0 Å². The maximum Gasteiger partial charge on any atom is 0.339 e. The third kappa shape index (κ3) is 3.25. The number of ketones is 2. The highest BCUT2D eigenvalue weighted by Crippen LogP contribution is 2.52. The van der Waals surface area contributed by atoms with Crippen molar-refractivity contribution in [3.63, 3.8) is 0 Å². The lowest BCUT2D eigenvalue weighted by atomic mass is 9.77. The van der Waals surface area contributed by atoms with Crippen LogP contribution < -0.4 is 0 Å². The minimum Gasteiger partial charge on any atom is -0.507 e. The molecule has 2 aromatic rings. The third-order valence-electron chi connectivity index (χ3n) is 6.33. The predicted octanol–water partition coefficient (Wildman–Crippen LogP) is -1.19. The summed E-state index contributed by atoms with van der Waals surface area (Å²) in [6, 6.07) is 0.716. The maximum absolute atomic E-state index is 13.4. The Morgan fingerprint density at radius 2 is 1.49 bits per heavy atom. The quantitative estimate of drug-likeness (QED) is 0.154. The fourth-order valence-corrected chi connectivity index (χ4v) is 4.58. The predicted molar refractivity (Wildman–Crippen MR) is 111 cm³/mol. The monoisotopic (exact) mass is 492 g/mol. The van der Waals surface area contributed by atoms with E-state index in [0.717, 1.165) is 6.92 Å². The van der Waals surface area contributed by atoms with Gasteiger partial charge in [0.05, 0.1) is 23.3 Å². The molecule has 1 heterocycles. The Labute approximate surface area is 195 Å². The first-order chi connectivity index (χ1) is 16.3. The average Bonchev–Trinajstić information content (AvgIpc) is 2.79. The molecule has 0 spiro atoms. The van der Waals surface area contributed by atoms with Crippen LogP contribution in [0.1, 0.15) is 59.4 Å². The number of ether oxygens (including phenoxy) is 1. The lowest BCUT2D eigenvalue weighted by Gasteiger charge is -2.40. The molecular formula is C22H20O13. The van der Waals surface area contributed by atoms with E-state index in [1.54, 1.807) is 0 Å². The highest BCUT2D eigenvalue weighted by atomic mass is 16.5. The second-order valence-corrected chi connectivity index (χ2v) is 8.24. The van der Waals surface area contributed by atoms with Gasteiger partial charge >= 0.3 is 5.97 Å². The Morgan fingerprint density at radius 3 is 2.06 bits per heavy atom. The van der Waals surface area contributed by atoms with E-state index >= 15 is 0 Å². The summed E-state index contributed by atoms with van der Waals surface area (Å²) in [5.74, 6) is -8.24. The number of carbonyl (C=O) groups is 3. The fourth-order valence-electron chi connectivity index (χ4n) is 4.58. The molecule has 4 rings (SSSR count). The standard InChI is InChI=1S/C22H20O13/c1-4-8-5(2-6(24)9(4)22(33)34)13(25)10-11(15(8)27)16(28)12(18(30)17(10)29)21-20(32)19(31)14(26)7(3-23)35-21/h2,7,14,19-21,23-24,26,28-32H,3H2,1H3,(H,33,34)/t7?,14-,19?,20?,21-/m1/s1. The number of aliphatic hydroxyl groups excluding tert-OH is 4. The van der Waals surface area contributed by atoms with Crippen molar-refractivity contribution in [3.05, 3.63) is 45.0 Å². The molecule has 0 bridgehead atoms. The van der Waals surface area contributed by atoms with Crippen molar-refractivity contribution in [2.24, 2.45) is 0 Å². The number of benzene rings is 2. The summed E-state index contributed by atoms with van der Waals surface area (Å²) in [6.45, 7) is 0.291. The summed E-state index contributed by atoms with van der Waals surface area (Å²) >= 11 is 0. The molecule has 5 atom stereocenters. The molecule has 1 saturated heterocycles. The maximum atomic E-state index is 13.4. The van der Waals surface area contributed by atoms with Gasteiger partial charge in [0.1, 0.15) is 47.6 Å². The van der Waals surface area contributed by atoms with Crippen LogP contribution in [-0.2, 0) is 4.74 Å². The van der Waals surface area contributed by atoms with Crippen LogP contribution >= 0.6 is 0 Å². The van der Waals surface area contributed by atoms with Gasteiger partial charge in [0.25, 0.3) is 0 Å². The van der Waals surface area contributed by atoms with Crippen molar-refractivity contribution in [2.75, 3.05) is 6.61 Å². The highest BCUT2D eigenvalue weighted by molar-refractivity contribution is 6.31. The van der Waals surface area contributed by atoms with Crippen LogP contribution in [0.2, 0.25) is 0 Å². The first kappa shape index (κ1) is 24.4. The smallest absolute Gasteiger partial charge is 0.339 e. The number of aromatic carboxylic acids is 1. The van der Waals surface area contributed by atoms with E-state index in [4.69, 9.17) is 4.74 Å². The Hall–Kier alpha value is -3.75. The Balaban J connectivity index is 1.99. The molecule has 2 aliphatic rings. The van der Waals surface area contributed by atoms with Crippen molar-refractivity contribution >= 4 is 17.5 Å². The Kier molecular flexibility index (Phi) is 5.70. The summed E-state index contributed by atoms with van der Waals surface area (Å²) in [6.07, 6.45) is -9.12. The number of phenolic OH excluding ortho intramolecular Hbond substituents is 3. The molecule has 186 valence electrons. The van der Waals surface area contributed by atoms with Crippen molar-refractivity contribution in [1.82, 2.24) is 0 Å². The van der Waals surface area contributed by atoms with Crippen molar-refractivity contribution in [3.8, 4) is 23.0 Å². The molecule has 9 N–H and O–H groups in total. The van der Waals surface area contributed by atoms with E-state index in [2.05, 4.69) is 0 Å². The van der Waals surface area contributed by atoms with Gasteiger partial charge in [-0.1, -0.05) is 0 Å². The number of hydrogen-bond donors (Lipinski definition) is 9. The van der Waals surface area contributed by atoms with Gasteiger partial charge in [-0.05, 0) is 18.6 Å². The zero-order valence-corrected chi connectivity index (χ0v) is 17.8. The Morgan fingerprint density at radius 1 is 0.886 bits per heavy atom. The summed E-state index contributed by atoms with van der Waals surface area (Å²) < 4.78 is 5.30. The van der Waals surface area contributed by atoms with Gasteiger partial charge in [0.15, 0.2) is 23.1 Å². The number of aromatic hydroxyl groups is 4. The zero-order chi connectivity index (χ0) is 26.1. The lowest BCUT2D eigenvalue weighted by Crippen LogP contribution is -2.55. The molecule has 13 nitrogen and oxygen atoms in total. The first-order valence-electron chi connectivity index (χ1n) is 10.2. The molecule has 35 heavy (non-hydrogen) atoms. The Bertz CT molecular complexity index is 1300. The van der Waals surface area contributed by atoms with Gasteiger partial charge in [-0.2, -0.15) is 0 Å². The summed E-state index contributed by atoms with van der Waals surface area (Å²) in [4.78, 5) is 38.1. The molecule has 13 heteroatoms. The number of phenols is 4. The number of carboxylic acids is 1. The van der Waals surface area contributed by atoms with E-state index in [1.807, 2.05) is 0 Å². The second-order valence-electron chi connectivity index (χ2n) is 8.24. The molecule has 2 aromatic carbocycles. The van der Waals surface area contributed by atoms with Crippen LogP contribution in [0.3, 0.4) is 0 Å². The molecule has 0 saturated carbocycles. The SMILES string of the molecule is Cc1c(C(=O)O)c(O)cc2c1C(=O)c1c(O)c([C@H]3OC(CO)[C@@H](O)C(O)C3O)c(O)c(O)c1C2=O.